The highest BCUT2D eigenvalue weighted by atomic mass is 32.2. The van der Waals surface area contributed by atoms with E-state index in [1.165, 1.54) is 26.2 Å². The third kappa shape index (κ3) is 2.88. The molecule has 0 aromatic heterocycles. The van der Waals surface area contributed by atoms with Crippen molar-refractivity contribution in [2.24, 2.45) is 0 Å². The highest BCUT2D eigenvalue weighted by Gasteiger charge is 2.20. The van der Waals surface area contributed by atoms with Gasteiger partial charge in [-0.3, -0.25) is 4.79 Å². The van der Waals surface area contributed by atoms with E-state index in [-0.39, 0.29) is 4.90 Å². The summed E-state index contributed by atoms with van der Waals surface area (Å²) in [5.41, 5.74) is 0.614. The minimum Gasteiger partial charge on any atom is -0.481 e. The number of carbonyl (C=O) groups is 1. The summed E-state index contributed by atoms with van der Waals surface area (Å²) in [6.45, 7) is 1.78. The first-order chi connectivity index (χ1) is 8.30. The van der Waals surface area contributed by atoms with E-state index in [4.69, 9.17) is 5.11 Å². The fraction of sp³-hybridized carbons (Fsp3) is 0.417. The molecule has 0 fully saturated rings. The van der Waals surface area contributed by atoms with Crippen molar-refractivity contribution < 1.29 is 18.3 Å². The second-order valence-electron chi connectivity index (χ2n) is 4.16. The first-order valence-electron chi connectivity index (χ1n) is 5.56. The maximum atomic E-state index is 11.8. The molecule has 5 nitrogen and oxygen atoms in total. The second-order valence-corrected chi connectivity index (χ2v) is 6.31. The zero-order valence-corrected chi connectivity index (χ0v) is 11.4. The average Bonchev–Trinajstić information content (AvgIpc) is 2.30. The molecular formula is C12H17NO4S. The fourth-order valence-corrected chi connectivity index (χ4v) is 2.54. The maximum Gasteiger partial charge on any atom is 0.310 e. The Hall–Kier alpha value is -1.40. The molecule has 0 aliphatic rings. The Morgan fingerprint density at radius 2 is 1.78 bits per heavy atom. The van der Waals surface area contributed by atoms with Gasteiger partial charge in [-0.05, 0) is 24.1 Å². The van der Waals surface area contributed by atoms with Gasteiger partial charge in [-0.1, -0.05) is 19.1 Å². The Balaban J connectivity index is 3.11. The van der Waals surface area contributed by atoms with E-state index in [0.717, 1.165) is 4.31 Å². The molecule has 0 saturated heterocycles. The molecule has 0 aliphatic carbocycles. The summed E-state index contributed by atoms with van der Waals surface area (Å²) in [7, 11) is -0.553. The molecule has 6 heteroatoms. The lowest BCUT2D eigenvalue weighted by Crippen LogP contribution is -2.22. The average molecular weight is 271 g/mol. The summed E-state index contributed by atoms with van der Waals surface area (Å²) < 4.78 is 24.8. The molecule has 1 atom stereocenters. The predicted molar refractivity (Wildman–Crippen MR) is 68.0 cm³/mol. The van der Waals surface area contributed by atoms with Crippen LogP contribution in [0.4, 0.5) is 0 Å². The van der Waals surface area contributed by atoms with Gasteiger partial charge in [0.15, 0.2) is 0 Å². The standard InChI is InChI=1S/C12H17NO4S/c1-4-11(12(14)15)9-5-7-10(8-6-9)18(16,17)13(2)3/h5-8,11H,4H2,1-3H3,(H,14,15). The number of benzene rings is 1. The molecule has 0 spiro atoms. The number of carboxylic acid groups (broad SMARTS) is 1. The van der Waals surface area contributed by atoms with Crippen LogP contribution in [0.1, 0.15) is 24.8 Å². The Labute approximate surface area is 107 Å². The molecule has 0 amide bonds. The number of nitrogens with zero attached hydrogens (tertiary/aromatic N) is 1. The molecule has 1 aromatic rings. The van der Waals surface area contributed by atoms with E-state index in [0.29, 0.717) is 12.0 Å². The van der Waals surface area contributed by atoms with Crippen LogP contribution in [0.3, 0.4) is 0 Å². The highest BCUT2D eigenvalue weighted by molar-refractivity contribution is 7.89. The van der Waals surface area contributed by atoms with Crippen molar-refractivity contribution in [2.45, 2.75) is 24.2 Å². The van der Waals surface area contributed by atoms with Crippen molar-refractivity contribution in [1.29, 1.82) is 0 Å². The minimum atomic E-state index is -3.46. The van der Waals surface area contributed by atoms with Crippen molar-refractivity contribution >= 4 is 16.0 Å². The second kappa shape index (κ2) is 5.49. The van der Waals surface area contributed by atoms with Gasteiger partial charge in [0.25, 0.3) is 0 Å². The van der Waals surface area contributed by atoms with Crippen LogP contribution < -0.4 is 0 Å². The van der Waals surface area contributed by atoms with Crippen molar-refractivity contribution in [1.82, 2.24) is 4.31 Å². The van der Waals surface area contributed by atoms with Crippen LogP contribution in [0.25, 0.3) is 0 Å². The van der Waals surface area contributed by atoms with Crippen molar-refractivity contribution in [3.63, 3.8) is 0 Å². The summed E-state index contributed by atoms with van der Waals surface area (Å²) in [5.74, 6) is -1.50. The summed E-state index contributed by atoms with van der Waals surface area (Å²) in [4.78, 5) is 11.2. The Bertz CT molecular complexity index is 520. The third-order valence-corrected chi connectivity index (χ3v) is 4.60. The molecule has 100 valence electrons. The van der Waals surface area contributed by atoms with Crippen LogP contribution in [0.5, 0.6) is 0 Å². The Morgan fingerprint density at radius 3 is 2.11 bits per heavy atom. The number of hydrogen-bond donors (Lipinski definition) is 1. The lowest BCUT2D eigenvalue weighted by atomic mass is 9.97. The first kappa shape index (κ1) is 14.7. The molecule has 1 unspecified atom stereocenters. The number of carboxylic acids is 1. The van der Waals surface area contributed by atoms with Crippen LogP contribution in [0.15, 0.2) is 29.2 Å². The van der Waals surface area contributed by atoms with Gasteiger partial charge in [0.05, 0.1) is 10.8 Å². The van der Waals surface area contributed by atoms with Crippen molar-refractivity contribution in [3.05, 3.63) is 29.8 Å². The zero-order chi connectivity index (χ0) is 13.9. The smallest absolute Gasteiger partial charge is 0.310 e. The van der Waals surface area contributed by atoms with Crippen LogP contribution in [-0.4, -0.2) is 37.9 Å². The molecule has 0 bridgehead atoms. The molecule has 0 aliphatic heterocycles. The van der Waals surface area contributed by atoms with Gasteiger partial charge in [0.1, 0.15) is 0 Å². The van der Waals surface area contributed by atoms with E-state index < -0.39 is 21.9 Å². The molecule has 1 aromatic carbocycles. The van der Waals surface area contributed by atoms with Gasteiger partial charge in [-0.2, -0.15) is 0 Å². The van der Waals surface area contributed by atoms with E-state index in [1.807, 2.05) is 0 Å². The van der Waals surface area contributed by atoms with E-state index in [9.17, 15) is 13.2 Å². The van der Waals surface area contributed by atoms with Crippen molar-refractivity contribution in [3.8, 4) is 0 Å². The van der Waals surface area contributed by atoms with Gasteiger partial charge in [-0.25, -0.2) is 12.7 Å². The Morgan fingerprint density at radius 1 is 1.28 bits per heavy atom. The first-order valence-corrected chi connectivity index (χ1v) is 7.00. The normalized spacial score (nSPS) is 13.6. The maximum absolute atomic E-state index is 11.8. The fourth-order valence-electron chi connectivity index (χ4n) is 1.64. The van der Waals surface area contributed by atoms with E-state index >= 15 is 0 Å². The third-order valence-electron chi connectivity index (χ3n) is 2.77. The molecular weight excluding hydrogens is 254 g/mol. The Kier molecular flexibility index (Phi) is 4.48. The predicted octanol–water partition coefficient (Wildman–Crippen LogP) is 1.52. The molecule has 0 saturated carbocycles. The van der Waals surface area contributed by atoms with Crippen LogP contribution >= 0.6 is 0 Å². The lowest BCUT2D eigenvalue weighted by molar-refractivity contribution is -0.138. The number of aliphatic carboxylic acids is 1. The monoisotopic (exact) mass is 271 g/mol. The summed E-state index contributed by atoms with van der Waals surface area (Å²) in [5, 5.41) is 9.02. The van der Waals surface area contributed by atoms with Gasteiger partial charge >= 0.3 is 5.97 Å². The molecule has 18 heavy (non-hydrogen) atoms. The summed E-state index contributed by atoms with van der Waals surface area (Å²) in [6.07, 6.45) is 0.467. The number of sulfonamides is 1. The topological polar surface area (TPSA) is 74.7 Å². The quantitative estimate of drug-likeness (QED) is 0.881. The van der Waals surface area contributed by atoms with Crippen LogP contribution in [0.2, 0.25) is 0 Å². The largest absolute Gasteiger partial charge is 0.481 e. The number of rotatable bonds is 5. The summed E-state index contributed by atoms with van der Waals surface area (Å²) >= 11 is 0. The van der Waals surface area contributed by atoms with Crippen LogP contribution in [0, 0.1) is 0 Å². The lowest BCUT2D eigenvalue weighted by Gasteiger charge is -2.13. The molecule has 1 N–H and O–H groups in total. The minimum absolute atomic E-state index is 0.163. The molecule has 0 radical (unpaired) electrons. The van der Waals surface area contributed by atoms with Crippen LogP contribution in [-0.2, 0) is 14.8 Å². The molecule has 0 heterocycles. The summed E-state index contributed by atoms with van der Waals surface area (Å²) in [6, 6.07) is 5.99. The SMILES string of the molecule is CCC(C(=O)O)c1ccc(S(=O)(=O)N(C)C)cc1. The van der Waals surface area contributed by atoms with Gasteiger partial charge in [0.2, 0.25) is 10.0 Å². The number of hydrogen-bond acceptors (Lipinski definition) is 3. The van der Waals surface area contributed by atoms with Crippen molar-refractivity contribution in [2.75, 3.05) is 14.1 Å². The van der Waals surface area contributed by atoms with Gasteiger partial charge < -0.3 is 5.11 Å². The highest BCUT2D eigenvalue weighted by Crippen LogP contribution is 2.22. The van der Waals surface area contributed by atoms with Gasteiger partial charge in [0, 0.05) is 14.1 Å². The van der Waals surface area contributed by atoms with E-state index in [2.05, 4.69) is 0 Å². The van der Waals surface area contributed by atoms with Gasteiger partial charge in [-0.15, -0.1) is 0 Å². The van der Waals surface area contributed by atoms with E-state index in [1.54, 1.807) is 19.1 Å². The zero-order valence-electron chi connectivity index (χ0n) is 10.6. The molecule has 1 rings (SSSR count).